The maximum absolute atomic E-state index is 13.6. The molecule has 0 radical (unpaired) electrons. The maximum atomic E-state index is 13.6. The standard InChI is InChI=1S/C24H24BrN5O2S2/c1-14-3-7-17(8-4-14)20-18(28-23(25)34-20)22(32)29(13-16-5-6-16)10-9-26-21(31)19-15(2)27-24-30(19)11-12-33-24/h3-4,7-8,11-12,16H,5-6,9-10,13H2,1-2H3,(H,26,31). The van der Waals surface area contributed by atoms with Gasteiger partial charge in [0.25, 0.3) is 11.8 Å². The van der Waals surface area contributed by atoms with Gasteiger partial charge in [0.2, 0.25) is 0 Å². The topological polar surface area (TPSA) is 79.6 Å². The summed E-state index contributed by atoms with van der Waals surface area (Å²) >= 11 is 6.42. The van der Waals surface area contributed by atoms with Gasteiger partial charge >= 0.3 is 0 Å². The summed E-state index contributed by atoms with van der Waals surface area (Å²) in [6.07, 6.45) is 4.12. The molecule has 3 heterocycles. The van der Waals surface area contributed by atoms with Crippen LogP contribution in [0, 0.1) is 19.8 Å². The first-order valence-electron chi connectivity index (χ1n) is 11.1. The Kier molecular flexibility index (Phi) is 6.54. The minimum Gasteiger partial charge on any atom is -0.349 e. The number of nitrogens with zero attached hydrogens (tertiary/aromatic N) is 4. The first-order valence-corrected chi connectivity index (χ1v) is 13.6. The Morgan fingerprint density at radius 3 is 2.71 bits per heavy atom. The third-order valence-corrected chi connectivity index (χ3v) is 8.21. The number of hydrogen-bond donors (Lipinski definition) is 1. The van der Waals surface area contributed by atoms with Crippen molar-refractivity contribution < 1.29 is 9.59 Å². The average molecular weight is 559 g/mol. The molecule has 1 fully saturated rings. The van der Waals surface area contributed by atoms with Gasteiger partial charge in [0.15, 0.2) is 8.88 Å². The Balaban J connectivity index is 1.32. The molecule has 1 N–H and O–H groups in total. The number of fused-ring (bicyclic) bond motifs is 1. The molecular weight excluding hydrogens is 534 g/mol. The van der Waals surface area contributed by atoms with E-state index in [1.54, 1.807) is 0 Å². The fourth-order valence-electron chi connectivity index (χ4n) is 3.93. The second kappa shape index (κ2) is 9.59. The lowest BCUT2D eigenvalue weighted by molar-refractivity contribution is 0.0736. The van der Waals surface area contributed by atoms with Crippen molar-refractivity contribution in [2.75, 3.05) is 19.6 Å². The van der Waals surface area contributed by atoms with Crippen LogP contribution in [0.1, 0.15) is 45.1 Å². The van der Waals surface area contributed by atoms with E-state index < -0.39 is 0 Å². The number of benzene rings is 1. The van der Waals surface area contributed by atoms with Crippen molar-refractivity contribution in [2.45, 2.75) is 26.7 Å². The third kappa shape index (κ3) is 4.80. The summed E-state index contributed by atoms with van der Waals surface area (Å²) in [7, 11) is 0. The minimum atomic E-state index is -0.182. The molecule has 0 aliphatic heterocycles. The Morgan fingerprint density at radius 2 is 1.97 bits per heavy atom. The van der Waals surface area contributed by atoms with Crippen LogP contribution in [-0.4, -0.2) is 50.7 Å². The Bertz CT molecular complexity index is 1350. The molecule has 0 unspecified atom stereocenters. The Morgan fingerprint density at radius 1 is 1.21 bits per heavy atom. The SMILES string of the molecule is Cc1ccc(-c2sc(Br)nc2C(=O)N(CCNC(=O)c2c(C)nc3sccn23)CC2CC2)cc1. The van der Waals surface area contributed by atoms with Gasteiger partial charge in [-0.25, -0.2) is 9.97 Å². The lowest BCUT2D eigenvalue weighted by Crippen LogP contribution is -2.40. The lowest BCUT2D eigenvalue weighted by Gasteiger charge is -2.22. The number of aryl methyl sites for hydroxylation is 2. The number of nitrogens with one attached hydrogen (secondary N) is 1. The summed E-state index contributed by atoms with van der Waals surface area (Å²) in [6, 6.07) is 8.13. The zero-order chi connectivity index (χ0) is 23.8. The van der Waals surface area contributed by atoms with E-state index in [2.05, 4.69) is 31.2 Å². The summed E-state index contributed by atoms with van der Waals surface area (Å²) in [5.74, 6) is 0.241. The highest BCUT2D eigenvalue weighted by atomic mass is 79.9. The number of imidazole rings is 1. The van der Waals surface area contributed by atoms with Gasteiger partial charge in [0.05, 0.1) is 10.6 Å². The molecule has 0 saturated heterocycles. The third-order valence-electron chi connectivity index (χ3n) is 5.90. The molecule has 1 aromatic carbocycles. The highest BCUT2D eigenvalue weighted by Gasteiger charge is 2.30. The van der Waals surface area contributed by atoms with Crippen LogP contribution >= 0.6 is 38.6 Å². The van der Waals surface area contributed by atoms with Crippen molar-refractivity contribution in [3.8, 4) is 10.4 Å². The van der Waals surface area contributed by atoms with E-state index in [0.717, 1.165) is 28.2 Å². The Hall–Kier alpha value is -2.56. The smallest absolute Gasteiger partial charge is 0.274 e. The van der Waals surface area contributed by atoms with Crippen molar-refractivity contribution in [3.63, 3.8) is 0 Å². The largest absolute Gasteiger partial charge is 0.349 e. The number of carbonyl (C=O) groups is 2. The summed E-state index contributed by atoms with van der Waals surface area (Å²) in [4.78, 5) is 38.9. The lowest BCUT2D eigenvalue weighted by atomic mass is 10.1. The molecule has 1 saturated carbocycles. The number of aromatic nitrogens is 3. The van der Waals surface area contributed by atoms with E-state index >= 15 is 0 Å². The van der Waals surface area contributed by atoms with E-state index in [4.69, 9.17) is 0 Å². The molecule has 4 aromatic rings. The van der Waals surface area contributed by atoms with Gasteiger partial charge in [0.1, 0.15) is 11.4 Å². The predicted octanol–water partition coefficient (Wildman–Crippen LogP) is 5.18. The van der Waals surface area contributed by atoms with Gasteiger partial charge in [-0.05, 0) is 54.1 Å². The molecule has 2 amide bonds. The highest BCUT2D eigenvalue weighted by molar-refractivity contribution is 9.11. The molecule has 0 bridgehead atoms. The molecule has 10 heteroatoms. The molecule has 5 rings (SSSR count). The molecule has 1 aliphatic carbocycles. The second-order valence-corrected chi connectivity index (χ2v) is 11.7. The number of amides is 2. The molecule has 3 aromatic heterocycles. The van der Waals surface area contributed by atoms with Crippen molar-refractivity contribution in [3.05, 3.63) is 62.4 Å². The van der Waals surface area contributed by atoms with Gasteiger partial charge < -0.3 is 10.2 Å². The number of rotatable bonds is 8. The van der Waals surface area contributed by atoms with Crippen LogP contribution in [0.3, 0.4) is 0 Å². The van der Waals surface area contributed by atoms with Gasteiger partial charge in [-0.15, -0.1) is 22.7 Å². The molecule has 1 aliphatic rings. The second-order valence-electron chi connectivity index (χ2n) is 8.56. The van der Waals surface area contributed by atoms with Crippen molar-refractivity contribution in [2.24, 2.45) is 5.92 Å². The van der Waals surface area contributed by atoms with Crippen LogP contribution in [-0.2, 0) is 0 Å². The normalized spacial score (nSPS) is 13.4. The van der Waals surface area contributed by atoms with Crippen LogP contribution < -0.4 is 5.32 Å². The van der Waals surface area contributed by atoms with E-state index in [9.17, 15) is 9.59 Å². The molecule has 0 spiro atoms. The summed E-state index contributed by atoms with van der Waals surface area (Å²) in [6.45, 7) is 5.34. The van der Waals surface area contributed by atoms with Crippen molar-refractivity contribution >= 4 is 55.4 Å². The first-order chi connectivity index (χ1) is 16.4. The minimum absolute atomic E-state index is 0.0977. The van der Waals surface area contributed by atoms with Crippen molar-refractivity contribution in [1.29, 1.82) is 0 Å². The van der Waals surface area contributed by atoms with Crippen LogP contribution in [0.4, 0.5) is 0 Å². The van der Waals surface area contributed by atoms with E-state index in [1.807, 2.05) is 59.0 Å². The van der Waals surface area contributed by atoms with E-state index in [0.29, 0.717) is 46.6 Å². The van der Waals surface area contributed by atoms with Gasteiger partial charge in [-0.1, -0.05) is 29.8 Å². The van der Waals surface area contributed by atoms with Crippen molar-refractivity contribution in [1.82, 2.24) is 24.6 Å². The maximum Gasteiger partial charge on any atom is 0.274 e. The molecular formula is C24H24BrN5O2S2. The van der Waals surface area contributed by atoms with Crippen LogP contribution in [0.15, 0.2) is 39.8 Å². The monoisotopic (exact) mass is 557 g/mol. The molecule has 7 nitrogen and oxygen atoms in total. The van der Waals surface area contributed by atoms with Crippen LogP contribution in [0.2, 0.25) is 0 Å². The number of halogens is 1. The number of thiazole rings is 2. The number of hydrogen-bond acceptors (Lipinski definition) is 6. The fraction of sp³-hybridized carbons (Fsp3) is 0.333. The van der Waals surface area contributed by atoms with E-state index in [-0.39, 0.29) is 11.8 Å². The molecule has 176 valence electrons. The quantitative estimate of drug-likeness (QED) is 0.323. The Labute approximate surface area is 214 Å². The van der Waals surface area contributed by atoms with E-state index in [1.165, 1.54) is 28.2 Å². The highest BCUT2D eigenvalue weighted by Crippen LogP contribution is 2.35. The molecule has 0 atom stereocenters. The predicted molar refractivity (Wildman–Crippen MR) is 139 cm³/mol. The van der Waals surface area contributed by atoms with Crippen LogP contribution in [0.25, 0.3) is 15.4 Å². The summed E-state index contributed by atoms with van der Waals surface area (Å²) in [5, 5.41) is 4.89. The van der Waals surface area contributed by atoms with Gasteiger partial charge in [0, 0.05) is 31.2 Å². The number of carbonyl (C=O) groups excluding carboxylic acids is 2. The summed E-state index contributed by atoms with van der Waals surface area (Å²) < 4.78 is 2.49. The zero-order valence-corrected chi connectivity index (χ0v) is 22.1. The average Bonchev–Trinajstić information content (AvgIpc) is 3.22. The van der Waals surface area contributed by atoms with Gasteiger partial charge in [-0.3, -0.25) is 14.0 Å². The zero-order valence-electron chi connectivity index (χ0n) is 18.9. The fourth-order valence-corrected chi connectivity index (χ4v) is 6.14. The van der Waals surface area contributed by atoms with Crippen LogP contribution in [0.5, 0.6) is 0 Å². The first kappa shape index (κ1) is 23.2. The summed E-state index contributed by atoms with van der Waals surface area (Å²) in [5.41, 5.74) is 3.85. The molecule has 34 heavy (non-hydrogen) atoms. The van der Waals surface area contributed by atoms with Gasteiger partial charge in [-0.2, -0.15) is 0 Å².